The molecule has 2 aliphatic rings. The van der Waals surface area contributed by atoms with E-state index in [0.717, 1.165) is 11.3 Å². The number of carbonyl (C=O) groups excluding carboxylic acids is 1. The minimum absolute atomic E-state index is 0.0205. The van der Waals surface area contributed by atoms with E-state index in [-0.39, 0.29) is 25.2 Å². The zero-order valence-corrected chi connectivity index (χ0v) is 26.7. The Morgan fingerprint density at radius 2 is 2.00 bits per heavy atom. The van der Waals surface area contributed by atoms with Crippen molar-refractivity contribution in [2.24, 2.45) is 0 Å². The van der Waals surface area contributed by atoms with Crippen LogP contribution in [-0.4, -0.2) is 70.8 Å². The number of piperidine rings is 1. The van der Waals surface area contributed by atoms with Gasteiger partial charge < -0.3 is 30.0 Å². The van der Waals surface area contributed by atoms with Crippen molar-refractivity contribution in [3.05, 3.63) is 88.9 Å². The van der Waals surface area contributed by atoms with Gasteiger partial charge in [-0.15, -0.1) is 0 Å². The number of amides is 1. The Labute approximate surface area is 281 Å². The number of carbonyl (C=O) groups is 2. The largest absolute Gasteiger partial charge is 0.486 e. The van der Waals surface area contributed by atoms with Crippen molar-refractivity contribution in [3.8, 4) is 17.6 Å². The Hall–Kier alpha value is -5.22. The Balaban J connectivity index is 1.27. The molecule has 246 valence electrons. The van der Waals surface area contributed by atoms with Crippen molar-refractivity contribution in [3.63, 3.8) is 0 Å². The summed E-state index contributed by atoms with van der Waals surface area (Å²) in [4.78, 5) is 35.0. The Morgan fingerprint density at radius 1 is 1.15 bits per heavy atom. The number of pyridine rings is 2. The van der Waals surface area contributed by atoms with Crippen LogP contribution in [0.5, 0.6) is 11.5 Å². The molecule has 2 aromatic heterocycles. The number of benzene rings is 2. The number of likely N-dealkylation sites (tertiary alicyclic amines) is 1. The molecule has 1 amide bonds. The van der Waals surface area contributed by atoms with Crippen molar-refractivity contribution >= 4 is 51.4 Å². The molecule has 12 nitrogen and oxygen atoms in total. The van der Waals surface area contributed by atoms with Gasteiger partial charge in [0.05, 0.1) is 52.9 Å². The van der Waals surface area contributed by atoms with Crippen LogP contribution in [0.15, 0.2) is 72.6 Å². The van der Waals surface area contributed by atoms with Gasteiger partial charge in [0.25, 0.3) is 0 Å². The van der Waals surface area contributed by atoms with Gasteiger partial charge in [0.15, 0.2) is 0 Å². The highest BCUT2D eigenvalue weighted by Crippen LogP contribution is 2.38. The summed E-state index contributed by atoms with van der Waals surface area (Å²) in [5.41, 5.74) is 4.05. The number of carboxylic acids is 1. The van der Waals surface area contributed by atoms with Crippen molar-refractivity contribution < 1.29 is 28.9 Å². The smallest absolute Gasteiger partial charge is 0.317 e. The summed E-state index contributed by atoms with van der Waals surface area (Å²) in [6.07, 6.45) is 6.46. The molecule has 3 N–H and O–H groups in total. The molecule has 48 heavy (non-hydrogen) atoms. The normalized spacial score (nSPS) is 16.2. The number of fused-ring (bicyclic) bond motifs is 1. The van der Waals surface area contributed by atoms with Crippen molar-refractivity contribution in [2.45, 2.75) is 32.0 Å². The fraction of sp³-hybridized carbons (Fsp3) is 0.286. The van der Waals surface area contributed by atoms with E-state index in [1.807, 2.05) is 23.1 Å². The summed E-state index contributed by atoms with van der Waals surface area (Å²) in [7, 11) is 0. The molecule has 6 rings (SSSR count). The number of rotatable bonds is 11. The maximum atomic E-state index is 13.3. The summed E-state index contributed by atoms with van der Waals surface area (Å²) in [5.74, 6) is -0.292. The summed E-state index contributed by atoms with van der Waals surface area (Å²) >= 11 is 6.58. The van der Waals surface area contributed by atoms with Gasteiger partial charge in [-0.3, -0.25) is 24.5 Å². The van der Waals surface area contributed by atoms with Gasteiger partial charge in [0, 0.05) is 55.1 Å². The lowest BCUT2D eigenvalue weighted by Crippen LogP contribution is -2.35. The first-order valence-electron chi connectivity index (χ1n) is 15.5. The maximum Gasteiger partial charge on any atom is 0.317 e. The first kappa shape index (κ1) is 32.7. The minimum Gasteiger partial charge on any atom is -0.486 e. The van der Waals surface area contributed by atoms with Gasteiger partial charge in [0.1, 0.15) is 30.3 Å². The predicted molar refractivity (Wildman–Crippen MR) is 180 cm³/mol. The minimum atomic E-state index is -0.870. The van der Waals surface area contributed by atoms with Gasteiger partial charge in [-0.1, -0.05) is 23.2 Å². The van der Waals surface area contributed by atoms with Gasteiger partial charge in [-0.05, 0) is 49.2 Å². The molecular weight excluding hydrogens is 636 g/mol. The van der Waals surface area contributed by atoms with Crippen LogP contribution in [-0.2, 0) is 20.9 Å². The van der Waals surface area contributed by atoms with E-state index >= 15 is 0 Å². The van der Waals surface area contributed by atoms with Crippen molar-refractivity contribution in [2.75, 3.05) is 43.5 Å². The number of hydrogen-bond acceptors (Lipinski definition) is 10. The SMILES string of the molecule is N#Cc1cnc2cc(OC3CCOC3)c(NC(=O)C=C3CCN(CC(=O)O)CC3)cc2c1Nc1ccc(OCc2ccccn2)c(Cl)c1. The first-order valence-corrected chi connectivity index (χ1v) is 15.9. The van der Waals surface area contributed by atoms with Gasteiger partial charge >= 0.3 is 5.97 Å². The number of aliphatic carboxylic acids is 1. The van der Waals surface area contributed by atoms with Crippen LogP contribution in [0.4, 0.5) is 17.1 Å². The molecule has 0 spiro atoms. The lowest BCUT2D eigenvalue weighted by atomic mass is 10.0. The van der Waals surface area contributed by atoms with Crippen LogP contribution in [0.2, 0.25) is 5.02 Å². The third-order valence-electron chi connectivity index (χ3n) is 8.02. The van der Waals surface area contributed by atoms with Crippen LogP contribution >= 0.6 is 11.6 Å². The summed E-state index contributed by atoms with van der Waals surface area (Å²) in [6.45, 7) is 2.38. The second-order valence-corrected chi connectivity index (χ2v) is 11.9. The summed E-state index contributed by atoms with van der Waals surface area (Å²) in [5, 5.41) is 26.3. The third kappa shape index (κ3) is 8.19. The third-order valence-corrected chi connectivity index (χ3v) is 8.32. The molecule has 0 bridgehead atoms. The topological polar surface area (TPSA) is 159 Å². The molecule has 2 aromatic carbocycles. The standard InChI is InChI=1S/C35H33ClN6O6/c36-28-14-24(4-5-31(28)47-20-25-3-1-2-9-38-25)40-35-23(17-37)18-39-29-16-32(48-26-8-12-46-21-26)30(15-27(29)35)41-33(43)13-22-6-10-42(11-7-22)19-34(44)45/h1-5,9,13-16,18,26H,6-8,10-12,19-21H2,(H,39,40)(H,41,43)(H,44,45). The zero-order valence-electron chi connectivity index (χ0n) is 25.9. The molecule has 1 unspecified atom stereocenters. The molecule has 0 aliphatic carbocycles. The molecule has 2 aliphatic heterocycles. The van der Waals surface area contributed by atoms with Crippen LogP contribution < -0.4 is 20.1 Å². The second-order valence-electron chi connectivity index (χ2n) is 11.5. The molecule has 4 aromatic rings. The highest BCUT2D eigenvalue weighted by atomic mass is 35.5. The van der Waals surface area contributed by atoms with Crippen molar-refractivity contribution in [1.82, 2.24) is 14.9 Å². The Bertz CT molecular complexity index is 1880. The van der Waals surface area contributed by atoms with Crippen LogP contribution in [0.3, 0.4) is 0 Å². The molecular formula is C35H33ClN6O6. The first-order chi connectivity index (χ1) is 23.3. The van der Waals surface area contributed by atoms with E-state index in [4.69, 9.17) is 30.9 Å². The average molecular weight is 669 g/mol. The fourth-order valence-corrected chi connectivity index (χ4v) is 5.82. The highest BCUT2D eigenvalue weighted by molar-refractivity contribution is 6.32. The van der Waals surface area contributed by atoms with Crippen LogP contribution in [0, 0.1) is 11.3 Å². The fourth-order valence-electron chi connectivity index (χ4n) is 5.58. The number of ether oxygens (including phenoxy) is 3. The molecule has 4 heterocycles. The number of nitriles is 1. The lowest BCUT2D eigenvalue weighted by Gasteiger charge is -2.26. The van der Waals surface area contributed by atoms with E-state index in [2.05, 4.69) is 26.7 Å². The van der Waals surface area contributed by atoms with E-state index in [1.165, 1.54) is 6.20 Å². The lowest BCUT2D eigenvalue weighted by molar-refractivity contribution is -0.138. The molecule has 0 saturated carbocycles. The number of aromatic nitrogens is 2. The van der Waals surface area contributed by atoms with Gasteiger partial charge in [0.2, 0.25) is 5.91 Å². The second kappa shape index (κ2) is 15.1. The van der Waals surface area contributed by atoms with Gasteiger partial charge in [-0.25, -0.2) is 0 Å². The Morgan fingerprint density at radius 3 is 2.71 bits per heavy atom. The Kier molecular flexibility index (Phi) is 10.3. The maximum absolute atomic E-state index is 13.3. The molecule has 2 fully saturated rings. The zero-order chi connectivity index (χ0) is 33.5. The van der Waals surface area contributed by atoms with E-state index < -0.39 is 5.97 Å². The number of nitrogens with one attached hydrogen (secondary N) is 2. The van der Waals surface area contributed by atoms with Gasteiger partial charge in [-0.2, -0.15) is 5.26 Å². The predicted octanol–water partition coefficient (Wildman–Crippen LogP) is 5.69. The molecule has 2 saturated heterocycles. The average Bonchev–Trinajstić information content (AvgIpc) is 3.59. The number of carboxylic acid groups (broad SMARTS) is 1. The van der Waals surface area contributed by atoms with Crippen LogP contribution in [0.25, 0.3) is 10.9 Å². The number of anilines is 3. The molecule has 0 radical (unpaired) electrons. The summed E-state index contributed by atoms with van der Waals surface area (Å²) < 4.78 is 17.6. The van der Waals surface area contributed by atoms with E-state index in [0.29, 0.717) is 95.6 Å². The quantitative estimate of drug-likeness (QED) is 0.169. The number of hydrogen-bond donors (Lipinski definition) is 3. The number of nitrogens with zero attached hydrogens (tertiary/aromatic N) is 4. The molecule has 1 atom stereocenters. The highest BCUT2D eigenvalue weighted by Gasteiger charge is 2.22. The van der Waals surface area contributed by atoms with E-state index in [1.54, 1.807) is 42.6 Å². The monoisotopic (exact) mass is 668 g/mol. The van der Waals surface area contributed by atoms with Crippen molar-refractivity contribution in [1.29, 1.82) is 5.26 Å². The molecule has 13 heteroatoms. The van der Waals surface area contributed by atoms with E-state index in [9.17, 15) is 14.9 Å². The number of halogens is 1. The van der Waals surface area contributed by atoms with Crippen LogP contribution in [0.1, 0.15) is 30.5 Å². The summed E-state index contributed by atoms with van der Waals surface area (Å²) in [6, 6.07) is 16.5.